The minimum Gasteiger partial charge on any atom is -0.368 e. The zero-order chi connectivity index (χ0) is 14.7. The molecular weight excluding hydrogens is 288 g/mol. The highest BCUT2D eigenvalue weighted by Gasteiger charge is 2.26. The van der Waals surface area contributed by atoms with E-state index in [9.17, 15) is 4.79 Å². The van der Waals surface area contributed by atoms with Crippen LogP contribution in [0.2, 0.25) is 5.02 Å². The van der Waals surface area contributed by atoms with E-state index in [1.54, 1.807) is 0 Å². The van der Waals surface area contributed by atoms with Crippen LogP contribution in [0.5, 0.6) is 0 Å². The predicted molar refractivity (Wildman–Crippen MR) is 85.1 cm³/mol. The standard InChI is InChI=1S/C15H21ClN4O/c16-13-1-3-14(4-2-13)18-9-11-20(12-10-18)15(21)19-7-5-17-6-8-19/h1-4,17H,5-12H2. The summed E-state index contributed by atoms with van der Waals surface area (Å²) >= 11 is 5.92. The van der Waals surface area contributed by atoms with Crippen molar-refractivity contribution in [1.82, 2.24) is 15.1 Å². The lowest BCUT2D eigenvalue weighted by molar-refractivity contribution is 0.144. The molecule has 0 atom stereocenters. The molecule has 0 spiro atoms. The summed E-state index contributed by atoms with van der Waals surface area (Å²) in [5.74, 6) is 0. The van der Waals surface area contributed by atoms with E-state index in [1.165, 1.54) is 5.69 Å². The number of carbonyl (C=O) groups excluding carboxylic acids is 1. The monoisotopic (exact) mass is 308 g/mol. The first-order chi connectivity index (χ1) is 10.2. The Morgan fingerprint density at radius 3 is 2.10 bits per heavy atom. The van der Waals surface area contributed by atoms with Gasteiger partial charge < -0.3 is 20.0 Å². The molecule has 0 aliphatic carbocycles. The SMILES string of the molecule is O=C(N1CCNCC1)N1CCN(c2ccc(Cl)cc2)CC1. The number of rotatable bonds is 1. The molecule has 2 aliphatic heterocycles. The van der Waals surface area contributed by atoms with Crippen LogP contribution in [0.1, 0.15) is 0 Å². The highest BCUT2D eigenvalue weighted by molar-refractivity contribution is 6.30. The lowest BCUT2D eigenvalue weighted by Gasteiger charge is -2.39. The predicted octanol–water partition coefficient (Wildman–Crippen LogP) is 1.49. The topological polar surface area (TPSA) is 38.8 Å². The number of anilines is 1. The van der Waals surface area contributed by atoms with E-state index in [0.29, 0.717) is 0 Å². The van der Waals surface area contributed by atoms with Crippen LogP contribution in [0, 0.1) is 0 Å². The molecule has 2 aliphatic rings. The molecule has 5 nitrogen and oxygen atoms in total. The van der Waals surface area contributed by atoms with Crippen LogP contribution in [0.15, 0.2) is 24.3 Å². The van der Waals surface area contributed by atoms with E-state index in [0.717, 1.165) is 57.4 Å². The van der Waals surface area contributed by atoms with Crippen molar-refractivity contribution < 1.29 is 4.79 Å². The largest absolute Gasteiger partial charge is 0.368 e. The lowest BCUT2D eigenvalue weighted by Crippen LogP contribution is -2.56. The molecule has 1 aromatic carbocycles. The number of nitrogens with one attached hydrogen (secondary N) is 1. The third kappa shape index (κ3) is 3.41. The number of urea groups is 1. The van der Waals surface area contributed by atoms with Gasteiger partial charge in [-0.1, -0.05) is 11.6 Å². The third-order valence-corrected chi connectivity index (χ3v) is 4.38. The quantitative estimate of drug-likeness (QED) is 0.854. The van der Waals surface area contributed by atoms with Crippen LogP contribution in [-0.2, 0) is 0 Å². The maximum atomic E-state index is 12.4. The molecule has 2 saturated heterocycles. The maximum absolute atomic E-state index is 12.4. The summed E-state index contributed by atoms with van der Waals surface area (Å²) in [6, 6.07) is 8.09. The van der Waals surface area contributed by atoms with Gasteiger partial charge in [0.05, 0.1) is 0 Å². The number of benzene rings is 1. The molecule has 2 amide bonds. The van der Waals surface area contributed by atoms with Gasteiger partial charge in [-0.15, -0.1) is 0 Å². The number of carbonyl (C=O) groups is 1. The molecule has 6 heteroatoms. The van der Waals surface area contributed by atoms with Crippen LogP contribution in [-0.4, -0.2) is 68.2 Å². The van der Waals surface area contributed by atoms with Crippen molar-refractivity contribution in [3.63, 3.8) is 0 Å². The Morgan fingerprint density at radius 1 is 0.905 bits per heavy atom. The minimum absolute atomic E-state index is 0.187. The number of halogens is 1. The maximum Gasteiger partial charge on any atom is 0.320 e. The molecule has 0 unspecified atom stereocenters. The Morgan fingerprint density at radius 2 is 1.48 bits per heavy atom. The molecule has 0 bridgehead atoms. The van der Waals surface area contributed by atoms with Crippen LogP contribution in [0.4, 0.5) is 10.5 Å². The van der Waals surface area contributed by atoms with Gasteiger partial charge in [0.15, 0.2) is 0 Å². The molecule has 3 rings (SSSR count). The van der Waals surface area contributed by atoms with Crippen molar-refractivity contribution >= 4 is 23.3 Å². The van der Waals surface area contributed by atoms with Crippen molar-refractivity contribution in [3.05, 3.63) is 29.3 Å². The van der Waals surface area contributed by atoms with Crippen molar-refractivity contribution in [3.8, 4) is 0 Å². The zero-order valence-electron chi connectivity index (χ0n) is 12.1. The minimum atomic E-state index is 0.187. The summed E-state index contributed by atoms with van der Waals surface area (Å²) < 4.78 is 0. The van der Waals surface area contributed by atoms with Crippen molar-refractivity contribution in [2.75, 3.05) is 57.3 Å². The molecule has 1 N–H and O–H groups in total. The summed E-state index contributed by atoms with van der Waals surface area (Å²) in [6.07, 6.45) is 0. The first-order valence-corrected chi connectivity index (χ1v) is 7.87. The number of amides is 2. The Hall–Kier alpha value is -1.46. The second kappa shape index (κ2) is 6.54. The normalized spacial score (nSPS) is 19.8. The van der Waals surface area contributed by atoms with Crippen LogP contribution < -0.4 is 10.2 Å². The van der Waals surface area contributed by atoms with Gasteiger partial charge in [-0.05, 0) is 24.3 Å². The number of hydrogen-bond donors (Lipinski definition) is 1. The van der Waals surface area contributed by atoms with E-state index in [2.05, 4.69) is 10.2 Å². The average Bonchev–Trinajstić information content (AvgIpc) is 2.56. The van der Waals surface area contributed by atoms with Gasteiger partial charge in [0, 0.05) is 63.1 Å². The second-order valence-electron chi connectivity index (χ2n) is 5.47. The van der Waals surface area contributed by atoms with E-state index in [-0.39, 0.29) is 6.03 Å². The summed E-state index contributed by atoms with van der Waals surface area (Å²) in [5, 5.41) is 4.03. The van der Waals surface area contributed by atoms with Gasteiger partial charge in [-0.2, -0.15) is 0 Å². The zero-order valence-corrected chi connectivity index (χ0v) is 12.9. The molecular formula is C15H21ClN4O. The molecule has 0 saturated carbocycles. The Kier molecular flexibility index (Phi) is 4.51. The number of piperazine rings is 2. The first kappa shape index (κ1) is 14.5. The second-order valence-corrected chi connectivity index (χ2v) is 5.91. The Bertz CT molecular complexity index is 479. The van der Waals surface area contributed by atoms with Crippen LogP contribution in [0.3, 0.4) is 0 Å². The summed E-state index contributed by atoms with van der Waals surface area (Å²) in [7, 11) is 0. The molecule has 2 fully saturated rings. The van der Waals surface area contributed by atoms with Gasteiger partial charge >= 0.3 is 6.03 Å². The summed E-state index contributed by atoms with van der Waals surface area (Å²) in [6.45, 7) is 6.75. The average molecular weight is 309 g/mol. The number of nitrogens with zero attached hydrogens (tertiary/aromatic N) is 3. The smallest absolute Gasteiger partial charge is 0.320 e. The molecule has 0 aromatic heterocycles. The molecule has 1 aromatic rings. The highest BCUT2D eigenvalue weighted by Crippen LogP contribution is 2.19. The van der Waals surface area contributed by atoms with Crippen LogP contribution in [0.25, 0.3) is 0 Å². The number of hydrogen-bond acceptors (Lipinski definition) is 3. The molecule has 21 heavy (non-hydrogen) atoms. The fourth-order valence-corrected chi connectivity index (χ4v) is 2.99. The van der Waals surface area contributed by atoms with Crippen molar-refractivity contribution in [2.24, 2.45) is 0 Å². The van der Waals surface area contributed by atoms with Gasteiger partial charge in [0.25, 0.3) is 0 Å². The fraction of sp³-hybridized carbons (Fsp3) is 0.533. The van der Waals surface area contributed by atoms with E-state index >= 15 is 0 Å². The van der Waals surface area contributed by atoms with Crippen molar-refractivity contribution in [1.29, 1.82) is 0 Å². The van der Waals surface area contributed by atoms with Gasteiger partial charge in [0.2, 0.25) is 0 Å². The third-order valence-electron chi connectivity index (χ3n) is 4.13. The fourth-order valence-electron chi connectivity index (χ4n) is 2.86. The van der Waals surface area contributed by atoms with Gasteiger partial charge in [-0.3, -0.25) is 0 Å². The van der Waals surface area contributed by atoms with Gasteiger partial charge in [-0.25, -0.2) is 4.79 Å². The van der Waals surface area contributed by atoms with E-state index < -0.39 is 0 Å². The highest BCUT2D eigenvalue weighted by atomic mass is 35.5. The van der Waals surface area contributed by atoms with E-state index in [1.807, 2.05) is 34.1 Å². The first-order valence-electron chi connectivity index (χ1n) is 7.49. The van der Waals surface area contributed by atoms with E-state index in [4.69, 9.17) is 11.6 Å². The Balaban J connectivity index is 1.54. The summed E-state index contributed by atoms with van der Waals surface area (Å²) in [4.78, 5) is 18.7. The molecule has 0 radical (unpaired) electrons. The Labute approximate surface area is 130 Å². The van der Waals surface area contributed by atoms with Crippen LogP contribution >= 0.6 is 11.6 Å². The lowest BCUT2D eigenvalue weighted by atomic mass is 10.2. The van der Waals surface area contributed by atoms with Crippen molar-refractivity contribution in [2.45, 2.75) is 0 Å². The summed E-state index contributed by atoms with van der Waals surface area (Å²) in [5.41, 5.74) is 1.17. The molecule has 114 valence electrons. The van der Waals surface area contributed by atoms with Gasteiger partial charge in [0.1, 0.15) is 0 Å². The molecule has 2 heterocycles.